The molecule has 1 aromatic carbocycles. The van der Waals surface area contributed by atoms with Gasteiger partial charge in [0.05, 0.1) is 6.54 Å². The molecule has 1 N–H and O–H groups in total. The molecule has 2 aromatic rings. The third-order valence-corrected chi connectivity index (χ3v) is 4.70. The Morgan fingerprint density at radius 3 is 2.73 bits per heavy atom. The summed E-state index contributed by atoms with van der Waals surface area (Å²) in [5.74, 6) is -0.952. The lowest BCUT2D eigenvalue weighted by Gasteiger charge is -2.35. The number of thiazole rings is 1. The summed E-state index contributed by atoms with van der Waals surface area (Å²) in [5.41, 5.74) is 2.71. The first kappa shape index (κ1) is 15.0. The van der Waals surface area contributed by atoms with Crippen molar-refractivity contribution >= 4 is 23.0 Å². The van der Waals surface area contributed by atoms with Gasteiger partial charge in [-0.1, -0.05) is 12.1 Å². The first-order valence-electron chi connectivity index (χ1n) is 7.33. The van der Waals surface area contributed by atoms with E-state index in [0.29, 0.717) is 0 Å². The third kappa shape index (κ3) is 3.45. The minimum Gasteiger partial charge on any atom is -0.476 e. The number of carboxylic acids is 1. The minimum atomic E-state index is -0.952. The zero-order valence-electron chi connectivity index (χ0n) is 12.5. The maximum Gasteiger partial charge on any atom is 0.355 e. The van der Waals surface area contributed by atoms with Crippen molar-refractivity contribution in [3.63, 3.8) is 0 Å². The van der Waals surface area contributed by atoms with Gasteiger partial charge in [0.25, 0.3) is 0 Å². The van der Waals surface area contributed by atoms with Crippen LogP contribution in [0.25, 0.3) is 0 Å². The van der Waals surface area contributed by atoms with E-state index in [1.54, 1.807) is 5.38 Å². The van der Waals surface area contributed by atoms with Gasteiger partial charge < -0.3 is 10.0 Å². The average molecular weight is 317 g/mol. The largest absolute Gasteiger partial charge is 0.476 e. The number of aryl methyl sites for hydroxylation is 1. The Balaban J connectivity index is 1.56. The fraction of sp³-hybridized carbons (Fsp3) is 0.375. The van der Waals surface area contributed by atoms with Crippen molar-refractivity contribution in [2.75, 3.05) is 31.1 Å². The molecule has 0 saturated carbocycles. The standard InChI is InChI=1S/C16H19N3O2S/c1-12-3-2-4-13(9-12)19-7-5-18(6-8-19)10-15-17-14(11-22-15)16(20)21/h2-4,9,11H,5-8,10H2,1H3,(H,20,21). The Morgan fingerprint density at radius 2 is 2.09 bits per heavy atom. The van der Waals surface area contributed by atoms with E-state index in [-0.39, 0.29) is 5.69 Å². The van der Waals surface area contributed by atoms with Gasteiger partial charge in [-0.25, -0.2) is 9.78 Å². The molecule has 2 heterocycles. The van der Waals surface area contributed by atoms with E-state index in [0.717, 1.165) is 37.7 Å². The second kappa shape index (κ2) is 6.46. The van der Waals surface area contributed by atoms with Crippen LogP contribution in [0, 0.1) is 6.92 Å². The summed E-state index contributed by atoms with van der Waals surface area (Å²) in [4.78, 5) is 19.7. The summed E-state index contributed by atoms with van der Waals surface area (Å²) in [5, 5.41) is 11.4. The van der Waals surface area contributed by atoms with E-state index in [4.69, 9.17) is 5.11 Å². The number of carbonyl (C=O) groups is 1. The van der Waals surface area contributed by atoms with Crippen molar-refractivity contribution in [2.45, 2.75) is 13.5 Å². The highest BCUT2D eigenvalue weighted by atomic mass is 32.1. The number of aromatic carboxylic acids is 1. The number of benzene rings is 1. The molecule has 0 spiro atoms. The van der Waals surface area contributed by atoms with Crippen molar-refractivity contribution in [3.05, 3.63) is 45.9 Å². The van der Waals surface area contributed by atoms with Crippen LogP contribution in [0.4, 0.5) is 5.69 Å². The Morgan fingerprint density at radius 1 is 1.32 bits per heavy atom. The number of nitrogens with zero attached hydrogens (tertiary/aromatic N) is 3. The van der Waals surface area contributed by atoms with E-state index >= 15 is 0 Å². The number of carboxylic acid groups (broad SMARTS) is 1. The van der Waals surface area contributed by atoms with Gasteiger partial charge in [0, 0.05) is 37.2 Å². The third-order valence-electron chi connectivity index (χ3n) is 3.87. The van der Waals surface area contributed by atoms with Crippen LogP contribution in [0.3, 0.4) is 0 Å². The van der Waals surface area contributed by atoms with Gasteiger partial charge in [-0.3, -0.25) is 4.90 Å². The van der Waals surface area contributed by atoms with E-state index in [1.165, 1.54) is 22.6 Å². The molecule has 0 atom stereocenters. The molecule has 1 saturated heterocycles. The molecule has 1 aliphatic heterocycles. The van der Waals surface area contributed by atoms with Crippen LogP contribution in [-0.4, -0.2) is 47.1 Å². The van der Waals surface area contributed by atoms with E-state index in [1.807, 2.05) is 0 Å². The van der Waals surface area contributed by atoms with Crippen LogP contribution >= 0.6 is 11.3 Å². The lowest BCUT2D eigenvalue weighted by Crippen LogP contribution is -2.46. The van der Waals surface area contributed by atoms with Crippen LogP contribution in [0.15, 0.2) is 29.6 Å². The minimum absolute atomic E-state index is 0.151. The first-order chi connectivity index (χ1) is 10.6. The molecular weight excluding hydrogens is 298 g/mol. The Bertz CT molecular complexity index is 663. The molecule has 3 rings (SSSR count). The van der Waals surface area contributed by atoms with E-state index in [2.05, 4.69) is 46.0 Å². The predicted octanol–water partition coefficient (Wildman–Crippen LogP) is 2.47. The van der Waals surface area contributed by atoms with Crippen LogP contribution < -0.4 is 4.90 Å². The quantitative estimate of drug-likeness (QED) is 0.939. The molecule has 1 fully saturated rings. The van der Waals surface area contributed by atoms with Gasteiger partial charge in [-0.05, 0) is 24.6 Å². The molecule has 0 bridgehead atoms. The van der Waals surface area contributed by atoms with Gasteiger partial charge in [-0.15, -0.1) is 11.3 Å². The summed E-state index contributed by atoms with van der Waals surface area (Å²) >= 11 is 1.42. The Hall–Kier alpha value is -1.92. The zero-order valence-corrected chi connectivity index (χ0v) is 13.3. The number of aromatic nitrogens is 1. The van der Waals surface area contributed by atoms with Gasteiger partial charge in [0.1, 0.15) is 5.01 Å². The molecule has 0 amide bonds. The second-order valence-corrected chi connectivity index (χ2v) is 6.48. The summed E-state index contributed by atoms with van der Waals surface area (Å²) in [6.45, 7) is 6.76. The second-order valence-electron chi connectivity index (χ2n) is 5.53. The Labute approximate surface area is 133 Å². The molecule has 0 aliphatic carbocycles. The van der Waals surface area contributed by atoms with Crippen LogP contribution in [0.2, 0.25) is 0 Å². The number of rotatable bonds is 4. The van der Waals surface area contributed by atoms with Crippen molar-refractivity contribution in [1.82, 2.24) is 9.88 Å². The monoisotopic (exact) mass is 317 g/mol. The summed E-state index contributed by atoms with van der Waals surface area (Å²) in [6.07, 6.45) is 0. The number of piperazine rings is 1. The first-order valence-corrected chi connectivity index (χ1v) is 8.21. The number of anilines is 1. The zero-order chi connectivity index (χ0) is 15.5. The average Bonchev–Trinajstić information content (AvgIpc) is 2.97. The lowest BCUT2D eigenvalue weighted by atomic mass is 10.2. The highest BCUT2D eigenvalue weighted by molar-refractivity contribution is 7.09. The van der Waals surface area contributed by atoms with Crippen molar-refractivity contribution < 1.29 is 9.90 Å². The molecule has 22 heavy (non-hydrogen) atoms. The van der Waals surface area contributed by atoms with Gasteiger partial charge >= 0.3 is 5.97 Å². The van der Waals surface area contributed by atoms with Crippen molar-refractivity contribution in [2.24, 2.45) is 0 Å². The highest BCUT2D eigenvalue weighted by Gasteiger charge is 2.19. The van der Waals surface area contributed by atoms with E-state index < -0.39 is 5.97 Å². The molecular formula is C16H19N3O2S. The van der Waals surface area contributed by atoms with Crippen molar-refractivity contribution in [1.29, 1.82) is 0 Å². The topological polar surface area (TPSA) is 56.7 Å². The van der Waals surface area contributed by atoms with Crippen LogP contribution in [0.1, 0.15) is 21.1 Å². The molecule has 0 unspecified atom stereocenters. The summed E-state index contributed by atoms with van der Waals surface area (Å²) < 4.78 is 0. The van der Waals surface area contributed by atoms with Gasteiger partial charge in [-0.2, -0.15) is 0 Å². The molecule has 5 nitrogen and oxygen atoms in total. The SMILES string of the molecule is Cc1cccc(N2CCN(Cc3nc(C(=O)O)cs3)CC2)c1. The fourth-order valence-corrected chi connectivity index (χ4v) is 3.47. The molecule has 6 heteroatoms. The lowest BCUT2D eigenvalue weighted by molar-refractivity contribution is 0.0691. The molecule has 116 valence electrons. The summed E-state index contributed by atoms with van der Waals surface area (Å²) in [6, 6.07) is 8.58. The van der Waals surface area contributed by atoms with E-state index in [9.17, 15) is 4.79 Å². The maximum atomic E-state index is 10.9. The summed E-state index contributed by atoms with van der Waals surface area (Å²) in [7, 11) is 0. The highest BCUT2D eigenvalue weighted by Crippen LogP contribution is 2.19. The van der Waals surface area contributed by atoms with Gasteiger partial charge in [0.15, 0.2) is 5.69 Å². The smallest absolute Gasteiger partial charge is 0.355 e. The number of hydrogen-bond acceptors (Lipinski definition) is 5. The normalized spacial score (nSPS) is 16.0. The Kier molecular flexibility index (Phi) is 4.40. The van der Waals surface area contributed by atoms with Crippen LogP contribution in [0.5, 0.6) is 0 Å². The molecule has 1 aliphatic rings. The van der Waals surface area contributed by atoms with Crippen LogP contribution in [-0.2, 0) is 6.54 Å². The maximum absolute atomic E-state index is 10.9. The molecule has 0 radical (unpaired) electrons. The number of hydrogen-bond donors (Lipinski definition) is 1. The predicted molar refractivity (Wildman–Crippen MR) is 87.7 cm³/mol. The van der Waals surface area contributed by atoms with Crippen molar-refractivity contribution in [3.8, 4) is 0 Å². The molecule has 1 aromatic heterocycles. The van der Waals surface area contributed by atoms with Gasteiger partial charge in [0.2, 0.25) is 0 Å². The fourth-order valence-electron chi connectivity index (χ4n) is 2.66.